The minimum atomic E-state index is -4.73. The van der Waals surface area contributed by atoms with Gasteiger partial charge in [-0.05, 0) is 32.9 Å². The first-order valence-electron chi connectivity index (χ1n) is 5.40. The first-order valence-corrected chi connectivity index (χ1v) is 6.50. The van der Waals surface area contributed by atoms with Crippen LogP contribution in [0.4, 0.5) is 13.2 Å². The number of hydrogen-bond donors (Lipinski definition) is 0. The third-order valence-electron chi connectivity index (χ3n) is 1.91. The molecule has 0 bridgehead atoms. The third-order valence-corrected chi connectivity index (χ3v) is 3.26. The maximum absolute atomic E-state index is 12.0. The minimum Gasteiger partial charge on any atom is -0.591 e. The van der Waals surface area contributed by atoms with Gasteiger partial charge in [-0.25, -0.2) is 0 Å². The molecule has 0 amide bonds. The van der Waals surface area contributed by atoms with Crippen LogP contribution in [-0.2, 0) is 11.4 Å². The SMILES string of the molecule is CC(C)(C)[S@+]([O-])/N=C/c1cccc(OC(F)(F)F)c1. The molecule has 0 radical (unpaired) electrons. The van der Waals surface area contributed by atoms with Crippen molar-refractivity contribution < 1.29 is 22.5 Å². The summed E-state index contributed by atoms with van der Waals surface area (Å²) in [6, 6.07) is 5.32. The second kappa shape index (κ2) is 5.83. The van der Waals surface area contributed by atoms with Crippen LogP contribution in [0.1, 0.15) is 26.3 Å². The Morgan fingerprint density at radius 2 is 1.89 bits per heavy atom. The molecule has 0 heterocycles. The van der Waals surface area contributed by atoms with Gasteiger partial charge in [-0.1, -0.05) is 16.5 Å². The van der Waals surface area contributed by atoms with Gasteiger partial charge in [0.2, 0.25) is 0 Å². The summed E-state index contributed by atoms with van der Waals surface area (Å²) >= 11 is -1.46. The van der Waals surface area contributed by atoms with E-state index in [1.54, 1.807) is 26.8 Å². The quantitative estimate of drug-likeness (QED) is 0.632. The van der Waals surface area contributed by atoms with Crippen molar-refractivity contribution in [2.45, 2.75) is 31.9 Å². The first-order chi connectivity index (χ1) is 8.58. The zero-order valence-corrected chi connectivity index (χ0v) is 11.5. The molecule has 1 rings (SSSR count). The zero-order valence-electron chi connectivity index (χ0n) is 10.7. The fourth-order valence-electron chi connectivity index (χ4n) is 1.06. The van der Waals surface area contributed by atoms with E-state index in [1.165, 1.54) is 24.4 Å². The smallest absolute Gasteiger partial charge is 0.573 e. The monoisotopic (exact) mass is 293 g/mol. The topological polar surface area (TPSA) is 44.7 Å². The Bertz CT molecular complexity index is 455. The van der Waals surface area contributed by atoms with Crippen LogP contribution in [0.2, 0.25) is 0 Å². The number of halogens is 3. The Morgan fingerprint density at radius 1 is 1.26 bits per heavy atom. The average Bonchev–Trinajstić information content (AvgIpc) is 2.22. The summed E-state index contributed by atoms with van der Waals surface area (Å²) in [6.45, 7) is 5.26. The summed E-state index contributed by atoms with van der Waals surface area (Å²) in [5.74, 6) is -0.335. The second-order valence-electron chi connectivity index (χ2n) is 4.72. The van der Waals surface area contributed by atoms with Gasteiger partial charge in [0.25, 0.3) is 0 Å². The van der Waals surface area contributed by atoms with E-state index in [4.69, 9.17) is 0 Å². The number of hydrogen-bond acceptors (Lipinski definition) is 3. The van der Waals surface area contributed by atoms with Crippen molar-refractivity contribution in [3.8, 4) is 5.75 Å². The van der Waals surface area contributed by atoms with E-state index in [2.05, 4.69) is 9.13 Å². The highest BCUT2D eigenvalue weighted by Gasteiger charge is 2.31. The minimum absolute atomic E-state index is 0.335. The van der Waals surface area contributed by atoms with Crippen LogP contribution in [-0.4, -0.2) is 21.9 Å². The van der Waals surface area contributed by atoms with Crippen LogP contribution >= 0.6 is 0 Å². The lowest BCUT2D eigenvalue weighted by atomic mass is 10.2. The lowest BCUT2D eigenvalue weighted by Gasteiger charge is -2.17. The summed E-state index contributed by atoms with van der Waals surface area (Å²) in [5.41, 5.74) is 0.388. The molecule has 7 heteroatoms. The van der Waals surface area contributed by atoms with E-state index in [0.29, 0.717) is 5.56 Å². The van der Waals surface area contributed by atoms with Gasteiger partial charge in [0, 0.05) is 5.56 Å². The maximum atomic E-state index is 12.0. The van der Waals surface area contributed by atoms with Crippen LogP contribution in [0.15, 0.2) is 28.7 Å². The summed E-state index contributed by atoms with van der Waals surface area (Å²) in [7, 11) is 0. The first kappa shape index (κ1) is 15.8. The van der Waals surface area contributed by atoms with Crippen molar-refractivity contribution in [3.63, 3.8) is 0 Å². The summed E-state index contributed by atoms with van der Waals surface area (Å²) < 4.78 is 54.8. The van der Waals surface area contributed by atoms with E-state index in [9.17, 15) is 17.7 Å². The van der Waals surface area contributed by atoms with Crippen molar-refractivity contribution >= 4 is 17.6 Å². The van der Waals surface area contributed by atoms with Gasteiger partial charge in [0.05, 0.1) is 6.21 Å². The highest BCUT2D eigenvalue weighted by molar-refractivity contribution is 7.91. The molecule has 1 atom stereocenters. The predicted molar refractivity (Wildman–Crippen MR) is 68.6 cm³/mol. The van der Waals surface area contributed by atoms with E-state index in [-0.39, 0.29) is 5.75 Å². The predicted octanol–water partition coefficient (Wildman–Crippen LogP) is 3.47. The van der Waals surface area contributed by atoms with E-state index >= 15 is 0 Å². The largest absolute Gasteiger partial charge is 0.591 e. The van der Waals surface area contributed by atoms with E-state index < -0.39 is 22.5 Å². The van der Waals surface area contributed by atoms with Crippen molar-refractivity contribution in [2.24, 2.45) is 4.40 Å². The molecule has 1 aromatic rings. The number of ether oxygens (including phenoxy) is 1. The molecule has 0 aliphatic rings. The molecule has 0 aliphatic carbocycles. The zero-order chi connectivity index (χ0) is 14.7. The van der Waals surface area contributed by atoms with Crippen LogP contribution in [0.3, 0.4) is 0 Å². The number of alkyl halides is 3. The van der Waals surface area contributed by atoms with Crippen LogP contribution in [0.5, 0.6) is 5.75 Å². The Labute approximate surface area is 112 Å². The Morgan fingerprint density at radius 3 is 2.42 bits per heavy atom. The molecule has 0 unspecified atom stereocenters. The van der Waals surface area contributed by atoms with Crippen LogP contribution in [0.25, 0.3) is 0 Å². The maximum Gasteiger partial charge on any atom is 0.573 e. The Balaban J connectivity index is 2.80. The lowest BCUT2D eigenvalue weighted by molar-refractivity contribution is -0.274. The molecule has 0 aliphatic heterocycles. The Hall–Kier alpha value is -1.21. The highest BCUT2D eigenvalue weighted by atomic mass is 32.2. The Kier molecular flexibility index (Phi) is 4.86. The highest BCUT2D eigenvalue weighted by Crippen LogP contribution is 2.23. The average molecular weight is 293 g/mol. The van der Waals surface area contributed by atoms with Gasteiger partial charge < -0.3 is 9.29 Å². The molecule has 0 N–H and O–H groups in total. The molecule has 1 aromatic carbocycles. The third kappa shape index (κ3) is 5.98. The molecule has 0 spiro atoms. The molecule has 0 saturated heterocycles. The summed E-state index contributed by atoms with van der Waals surface area (Å²) in [6.07, 6.45) is -3.46. The van der Waals surface area contributed by atoms with Crippen molar-refractivity contribution in [1.82, 2.24) is 0 Å². The van der Waals surface area contributed by atoms with Gasteiger partial charge in [0.15, 0.2) is 0 Å². The molecule has 19 heavy (non-hydrogen) atoms. The number of benzene rings is 1. The number of rotatable bonds is 3. The van der Waals surface area contributed by atoms with E-state index in [1.807, 2.05) is 0 Å². The lowest BCUT2D eigenvalue weighted by Crippen LogP contribution is -2.25. The molecule has 3 nitrogen and oxygen atoms in total. The van der Waals surface area contributed by atoms with Gasteiger partial charge in [-0.15, -0.1) is 13.2 Å². The fourth-order valence-corrected chi connectivity index (χ4v) is 1.59. The molecular formula is C12H14F3NO2S. The normalized spacial score (nSPS) is 14.7. The second-order valence-corrected chi connectivity index (χ2v) is 6.65. The molecule has 106 valence electrons. The van der Waals surface area contributed by atoms with Crippen molar-refractivity contribution in [3.05, 3.63) is 29.8 Å². The molecule has 0 aromatic heterocycles. The fraction of sp³-hybridized carbons (Fsp3) is 0.417. The van der Waals surface area contributed by atoms with Crippen LogP contribution < -0.4 is 4.74 Å². The van der Waals surface area contributed by atoms with E-state index in [0.717, 1.165) is 0 Å². The van der Waals surface area contributed by atoms with Gasteiger partial charge in [0.1, 0.15) is 21.9 Å². The van der Waals surface area contributed by atoms with Gasteiger partial charge in [-0.2, -0.15) is 0 Å². The van der Waals surface area contributed by atoms with Crippen molar-refractivity contribution in [2.75, 3.05) is 0 Å². The van der Waals surface area contributed by atoms with Crippen molar-refractivity contribution in [1.29, 1.82) is 0 Å². The molecule has 0 fully saturated rings. The number of nitrogens with zero attached hydrogens (tertiary/aromatic N) is 1. The van der Waals surface area contributed by atoms with Crippen LogP contribution in [0, 0.1) is 0 Å². The molecule has 0 saturated carbocycles. The standard InChI is InChI=1S/C12H14F3NO2S/c1-11(2,3)19(17)16-8-9-5-4-6-10(7-9)18-12(13,14)15/h4-8H,1-3H3/b16-8+/t19-/m0/s1. The van der Waals surface area contributed by atoms with Gasteiger partial charge >= 0.3 is 6.36 Å². The van der Waals surface area contributed by atoms with Gasteiger partial charge in [-0.3, -0.25) is 0 Å². The summed E-state index contributed by atoms with van der Waals surface area (Å²) in [5, 5.41) is 0. The molecular weight excluding hydrogens is 279 g/mol. The summed E-state index contributed by atoms with van der Waals surface area (Å²) in [4.78, 5) is 0.